The minimum atomic E-state index is -0.833. The summed E-state index contributed by atoms with van der Waals surface area (Å²) in [4.78, 5) is 24.4. The molecule has 30 heavy (non-hydrogen) atoms. The largest absolute Gasteiger partial charge is 0.432 e. The molecule has 0 radical (unpaired) electrons. The molecule has 1 spiro atoms. The first-order chi connectivity index (χ1) is 14.4. The van der Waals surface area contributed by atoms with Gasteiger partial charge in [-0.1, -0.05) is 44.2 Å². The fourth-order valence-corrected chi connectivity index (χ4v) is 5.89. The fourth-order valence-electron chi connectivity index (χ4n) is 5.89. The van der Waals surface area contributed by atoms with Crippen molar-refractivity contribution in [2.75, 3.05) is 0 Å². The quantitative estimate of drug-likeness (QED) is 0.414. The van der Waals surface area contributed by atoms with Crippen LogP contribution in [0.3, 0.4) is 0 Å². The predicted octanol–water partition coefficient (Wildman–Crippen LogP) is 4.45. The maximum Gasteiger partial charge on any atom is 0.333 e. The van der Waals surface area contributed by atoms with Gasteiger partial charge in [0.2, 0.25) is 12.1 Å². The van der Waals surface area contributed by atoms with Crippen LogP contribution in [0.4, 0.5) is 0 Å². The summed E-state index contributed by atoms with van der Waals surface area (Å²) in [6.45, 7) is 6.24. The predicted molar refractivity (Wildman–Crippen MR) is 108 cm³/mol. The van der Waals surface area contributed by atoms with E-state index in [0.29, 0.717) is 11.8 Å². The molecule has 5 aliphatic rings. The molecule has 0 unspecified atom stereocenters. The summed E-state index contributed by atoms with van der Waals surface area (Å²) < 4.78 is 18.3. The van der Waals surface area contributed by atoms with Crippen LogP contribution >= 0.6 is 0 Å². The van der Waals surface area contributed by atoms with E-state index < -0.39 is 29.9 Å². The van der Waals surface area contributed by atoms with Gasteiger partial charge in [0.1, 0.15) is 0 Å². The first kappa shape index (κ1) is 20.2. The Kier molecular flexibility index (Phi) is 5.01. The highest BCUT2D eigenvalue weighted by Crippen LogP contribution is 2.60. The van der Waals surface area contributed by atoms with Gasteiger partial charge < -0.3 is 14.2 Å². The molecular weight excluding hydrogens is 384 g/mol. The maximum atomic E-state index is 12.5. The van der Waals surface area contributed by atoms with Crippen molar-refractivity contribution in [3.63, 3.8) is 0 Å². The van der Waals surface area contributed by atoms with Gasteiger partial charge in [-0.15, -0.1) is 0 Å². The van der Waals surface area contributed by atoms with Crippen LogP contribution in [-0.2, 0) is 28.8 Å². The van der Waals surface area contributed by atoms with E-state index >= 15 is 0 Å². The van der Waals surface area contributed by atoms with Crippen LogP contribution in [0, 0.1) is 23.7 Å². The third-order valence-electron chi connectivity index (χ3n) is 7.54. The average molecular weight is 414 g/mol. The van der Waals surface area contributed by atoms with Gasteiger partial charge in [-0.25, -0.2) is 14.6 Å². The first-order valence-electron chi connectivity index (χ1n) is 11.1. The van der Waals surface area contributed by atoms with Gasteiger partial charge in [-0.3, -0.25) is 0 Å². The van der Waals surface area contributed by atoms with Crippen molar-refractivity contribution in [2.45, 2.75) is 70.4 Å². The van der Waals surface area contributed by atoms with Crippen LogP contribution in [0.25, 0.3) is 6.08 Å². The van der Waals surface area contributed by atoms with Gasteiger partial charge >= 0.3 is 5.97 Å². The Hall–Kier alpha value is -1.73. The van der Waals surface area contributed by atoms with E-state index in [2.05, 4.69) is 13.8 Å². The molecule has 0 amide bonds. The van der Waals surface area contributed by atoms with Crippen molar-refractivity contribution in [2.24, 2.45) is 23.7 Å². The van der Waals surface area contributed by atoms with Gasteiger partial charge in [-0.2, -0.15) is 0 Å². The molecule has 4 saturated heterocycles. The molecule has 1 aromatic carbocycles. The summed E-state index contributed by atoms with van der Waals surface area (Å²) in [5.41, 5.74) is 0.300. The lowest BCUT2D eigenvalue weighted by atomic mass is 9.58. The zero-order valence-corrected chi connectivity index (χ0v) is 17.8. The van der Waals surface area contributed by atoms with Gasteiger partial charge in [0, 0.05) is 24.3 Å². The van der Waals surface area contributed by atoms with Crippen LogP contribution in [0.5, 0.6) is 0 Å². The highest BCUT2D eigenvalue weighted by Gasteiger charge is 2.69. The summed E-state index contributed by atoms with van der Waals surface area (Å²) in [5.74, 6) is -0.354. The normalized spacial score (nSPS) is 45.0. The van der Waals surface area contributed by atoms with Crippen molar-refractivity contribution in [1.82, 2.24) is 0 Å². The van der Waals surface area contributed by atoms with E-state index in [1.165, 1.54) is 6.08 Å². The molecule has 8 atom stereocenters. The van der Waals surface area contributed by atoms with Crippen LogP contribution in [0.2, 0.25) is 0 Å². The van der Waals surface area contributed by atoms with Crippen LogP contribution in [0.1, 0.15) is 52.0 Å². The van der Waals surface area contributed by atoms with E-state index in [9.17, 15) is 4.79 Å². The second kappa shape index (κ2) is 7.45. The standard InChI is InChI=1S/C24H30O6/c1-15-9-11-19-16(2)21(26-20(25)12-10-17-7-5-4-6-8-17)27-22-24(19)18(15)13-14-23(3,28-22)29-30-24/h4-8,10,12,15-16,18-19,21-22H,9,11,13-14H2,1-3H3/b12-10+/t15-,16-,18+,19+,21-,22-,23-,24-/m1/s1. The third-order valence-corrected chi connectivity index (χ3v) is 7.54. The molecule has 6 heteroatoms. The molecule has 162 valence electrons. The fraction of sp³-hybridized carbons (Fsp3) is 0.625. The van der Waals surface area contributed by atoms with E-state index in [1.807, 2.05) is 37.3 Å². The van der Waals surface area contributed by atoms with Crippen LogP contribution in [0.15, 0.2) is 36.4 Å². The van der Waals surface area contributed by atoms with Gasteiger partial charge in [-0.05, 0) is 49.7 Å². The van der Waals surface area contributed by atoms with Gasteiger partial charge in [0.25, 0.3) is 0 Å². The lowest BCUT2D eigenvalue weighted by Gasteiger charge is -2.59. The molecule has 6 nitrogen and oxygen atoms in total. The number of ether oxygens (including phenoxy) is 3. The van der Waals surface area contributed by atoms with Crippen molar-refractivity contribution in [3.05, 3.63) is 42.0 Å². The van der Waals surface area contributed by atoms with Gasteiger partial charge in [0.15, 0.2) is 11.9 Å². The smallest absolute Gasteiger partial charge is 0.333 e. The van der Waals surface area contributed by atoms with Crippen LogP contribution in [-0.4, -0.2) is 29.9 Å². The molecule has 4 heterocycles. The Morgan fingerprint density at radius 2 is 1.90 bits per heavy atom. The van der Waals surface area contributed by atoms with Crippen molar-refractivity contribution < 1.29 is 28.8 Å². The monoisotopic (exact) mass is 414 g/mol. The number of hydrogen-bond donors (Lipinski definition) is 0. The second-order valence-electron chi connectivity index (χ2n) is 9.45. The lowest BCUT2D eigenvalue weighted by molar-refractivity contribution is -0.576. The molecule has 1 saturated carbocycles. The highest BCUT2D eigenvalue weighted by molar-refractivity contribution is 5.87. The minimum Gasteiger partial charge on any atom is -0.432 e. The molecule has 5 fully saturated rings. The van der Waals surface area contributed by atoms with Crippen LogP contribution < -0.4 is 0 Å². The number of fused-ring (bicyclic) bond motifs is 2. The molecule has 4 aliphatic heterocycles. The zero-order chi connectivity index (χ0) is 20.9. The molecule has 6 rings (SSSR count). The van der Waals surface area contributed by atoms with Crippen molar-refractivity contribution in [1.29, 1.82) is 0 Å². The topological polar surface area (TPSA) is 63.2 Å². The minimum absolute atomic E-state index is 0.0278. The third kappa shape index (κ3) is 3.21. The number of benzene rings is 1. The highest BCUT2D eigenvalue weighted by atomic mass is 17.3. The maximum absolute atomic E-state index is 12.5. The SMILES string of the molecule is C[C@H]1[C@H](OC(=O)/C=C/c2ccccc2)O[C@@H]2O[C@@]3(C)CC[C@H]4[C@H](C)CC[C@@H]1[C@@]24OO3. The Balaban J connectivity index is 1.37. The Labute approximate surface area is 177 Å². The van der Waals surface area contributed by atoms with E-state index in [1.54, 1.807) is 6.08 Å². The van der Waals surface area contributed by atoms with Crippen molar-refractivity contribution >= 4 is 12.0 Å². The number of carbonyl (C=O) groups excluding carboxylic acids is 1. The summed E-state index contributed by atoms with van der Waals surface area (Å²) >= 11 is 0. The first-order valence-corrected chi connectivity index (χ1v) is 11.1. The number of esters is 1. The van der Waals surface area contributed by atoms with E-state index in [0.717, 1.165) is 31.2 Å². The Bertz CT molecular complexity index is 824. The summed E-state index contributed by atoms with van der Waals surface area (Å²) in [6, 6.07) is 9.67. The zero-order valence-electron chi connectivity index (χ0n) is 17.8. The number of hydrogen-bond acceptors (Lipinski definition) is 6. The molecule has 2 bridgehead atoms. The average Bonchev–Trinajstić information content (AvgIpc) is 2.97. The van der Waals surface area contributed by atoms with E-state index in [4.69, 9.17) is 24.0 Å². The molecular formula is C24H30O6. The molecule has 1 aliphatic carbocycles. The summed E-state index contributed by atoms with van der Waals surface area (Å²) in [7, 11) is 0. The second-order valence-corrected chi connectivity index (χ2v) is 9.45. The number of carbonyl (C=O) groups is 1. The van der Waals surface area contributed by atoms with Crippen molar-refractivity contribution in [3.8, 4) is 0 Å². The molecule has 0 aromatic heterocycles. The lowest BCUT2D eigenvalue weighted by Crippen LogP contribution is -2.70. The Morgan fingerprint density at radius 1 is 1.10 bits per heavy atom. The Morgan fingerprint density at radius 3 is 2.70 bits per heavy atom. The summed E-state index contributed by atoms with van der Waals surface area (Å²) in [6.07, 6.45) is 5.72. The van der Waals surface area contributed by atoms with Gasteiger partial charge in [0.05, 0.1) is 0 Å². The summed E-state index contributed by atoms with van der Waals surface area (Å²) in [5, 5.41) is 0. The van der Waals surface area contributed by atoms with E-state index in [-0.39, 0.29) is 11.8 Å². The molecule has 1 aromatic rings. The number of rotatable bonds is 3. The molecule has 0 N–H and O–H groups in total.